The molecule has 8 rings (SSSR count). The van der Waals surface area contributed by atoms with Gasteiger partial charge in [0.15, 0.2) is 5.58 Å². The van der Waals surface area contributed by atoms with E-state index in [9.17, 15) is 0 Å². The van der Waals surface area contributed by atoms with E-state index in [-0.39, 0.29) is 0 Å². The molecule has 0 aliphatic rings. The van der Waals surface area contributed by atoms with Gasteiger partial charge >= 0.3 is 0 Å². The number of para-hydroxylation sites is 4. The second kappa shape index (κ2) is 8.64. The predicted molar refractivity (Wildman–Crippen MR) is 161 cm³/mol. The van der Waals surface area contributed by atoms with Crippen LogP contribution in [-0.4, -0.2) is 0 Å². The Hall–Kier alpha value is -5.28. The molecule has 0 aliphatic heterocycles. The highest BCUT2D eigenvalue weighted by molar-refractivity contribution is 6.24. The maximum Gasteiger partial charge on any atom is 0.159 e. The van der Waals surface area contributed by atoms with Crippen LogP contribution in [0.2, 0.25) is 0 Å². The van der Waals surface area contributed by atoms with Gasteiger partial charge in [-0.15, -0.1) is 0 Å². The van der Waals surface area contributed by atoms with Crippen molar-refractivity contribution in [3.05, 3.63) is 140 Å². The van der Waals surface area contributed by atoms with Crippen LogP contribution in [0.1, 0.15) is 0 Å². The molecule has 184 valence electrons. The molecule has 0 atom stereocenters. The summed E-state index contributed by atoms with van der Waals surface area (Å²) in [7, 11) is 0. The Kier molecular flexibility index (Phi) is 4.82. The molecule has 0 aliphatic carbocycles. The van der Waals surface area contributed by atoms with Crippen molar-refractivity contribution in [2.75, 3.05) is 4.90 Å². The smallest absolute Gasteiger partial charge is 0.159 e. The van der Waals surface area contributed by atoms with Crippen LogP contribution in [0.3, 0.4) is 0 Å². The summed E-state index contributed by atoms with van der Waals surface area (Å²) in [6.45, 7) is 0. The normalized spacial score (nSPS) is 11.6. The van der Waals surface area contributed by atoms with Crippen LogP contribution in [0.25, 0.3) is 55.0 Å². The maximum absolute atomic E-state index is 6.90. The predicted octanol–water partition coefficient (Wildman–Crippen LogP) is 10.6. The molecular weight excluding hydrogens is 478 g/mol. The van der Waals surface area contributed by atoms with Gasteiger partial charge in [0.25, 0.3) is 0 Å². The van der Waals surface area contributed by atoms with Crippen LogP contribution < -0.4 is 4.90 Å². The lowest BCUT2D eigenvalue weighted by molar-refractivity contribution is 0.626. The number of rotatable bonds is 4. The summed E-state index contributed by atoms with van der Waals surface area (Å²) in [6.07, 6.45) is 0. The lowest BCUT2D eigenvalue weighted by atomic mass is 9.99. The molecule has 2 aromatic heterocycles. The highest BCUT2D eigenvalue weighted by Crippen LogP contribution is 2.46. The number of benzene rings is 6. The Balaban J connectivity index is 1.47. The van der Waals surface area contributed by atoms with E-state index < -0.39 is 0 Å². The maximum atomic E-state index is 6.90. The van der Waals surface area contributed by atoms with Gasteiger partial charge in [0, 0.05) is 27.5 Å². The average molecular weight is 502 g/mol. The molecule has 3 nitrogen and oxygen atoms in total. The van der Waals surface area contributed by atoms with Gasteiger partial charge < -0.3 is 13.7 Å². The van der Waals surface area contributed by atoms with Crippen LogP contribution in [0.15, 0.2) is 148 Å². The van der Waals surface area contributed by atoms with Crippen molar-refractivity contribution < 1.29 is 8.83 Å². The minimum Gasteiger partial charge on any atom is -0.456 e. The molecule has 0 spiro atoms. The molecule has 0 saturated heterocycles. The summed E-state index contributed by atoms with van der Waals surface area (Å²) < 4.78 is 13.2. The first-order chi connectivity index (χ1) is 19.3. The monoisotopic (exact) mass is 501 g/mol. The van der Waals surface area contributed by atoms with Gasteiger partial charge in [-0.2, -0.15) is 0 Å². The van der Waals surface area contributed by atoms with E-state index in [1.165, 1.54) is 0 Å². The van der Waals surface area contributed by atoms with Gasteiger partial charge in [-0.1, -0.05) is 91.0 Å². The number of hydrogen-bond acceptors (Lipinski definition) is 3. The standard InChI is InChI=1S/C36H23NO2/c1-3-14-26(15-4-1)37(27-16-5-2-6-17-27)31-20-11-19-29-34-28-18-9-7-12-24(28)22-30(36(34)39-35(29)31)33-23-25-13-8-10-21-32(25)38-33/h1-23H. The fourth-order valence-electron chi connectivity index (χ4n) is 5.69. The summed E-state index contributed by atoms with van der Waals surface area (Å²) in [5.74, 6) is 0.801. The van der Waals surface area contributed by atoms with Gasteiger partial charge in [-0.3, -0.25) is 0 Å². The van der Waals surface area contributed by atoms with Crippen molar-refractivity contribution in [2.45, 2.75) is 0 Å². The van der Waals surface area contributed by atoms with E-state index in [1.807, 2.05) is 30.3 Å². The first kappa shape index (κ1) is 21.8. The molecule has 8 aromatic rings. The van der Waals surface area contributed by atoms with E-state index in [0.717, 1.165) is 72.1 Å². The van der Waals surface area contributed by atoms with Crippen LogP contribution in [-0.2, 0) is 0 Å². The molecule has 0 bridgehead atoms. The molecule has 39 heavy (non-hydrogen) atoms. The van der Waals surface area contributed by atoms with Gasteiger partial charge in [0.05, 0.1) is 11.3 Å². The first-order valence-corrected chi connectivity index (χ1v) is 13.1. The first-order valence-electron chi connectivity index (χ1n) is 13.1. The van der Waals surface area contributed by atoms with Crippen molar-refractivity contribution in [3.63, 3.8) is 0 Å². The molecular formula is C36H23NO2. The minimum atomic E-state index is 0.801. The molecule has 0 fully saturated rings. The fourth-order valence-corrected chi connectivity index (χ4v) is 5.69. The largest absolute Gasteiger partial charge is 0.456 e. The van der Waals surface area contributed by atoms with E-state index in [4.69, 9.17) is 8.83 Å². The lowest BCUT2D eigenvalue weighted by Crippen LogP contribution is -2.09. The van der Waals surface area contributed by atoms with Crippen molar-refractivity contribution in [3.8, 4) is 11.3 Å². The van der Waals surface area contributed by atoms with Gasteiger partial charge in [0.1, 0.15) is 16.9 Å². The molecule has 0 amide bonds. The van der Waals surface area contributed by atoms with Crippen LogP contribution in [0, 0.1) is 0 Å². The highest BCUT2D eigenvalue weighted by Gasteiger charge is 2.23. The molecule has 2 heterocycles. The van der Waals surface area contributed by atoms with Crippen molar-refractivity contribution in [2.24, 2.45) is 0 Å². The Labute approximate surface area is 225 Å². The van der Waals surface area contributed by atoms with E-state index in [2.05, 4.69) is 114 Å². The zero-order valence-corrected chi connectivity index (χ0v) is 21.0. The zero-order chi connectivity index (χ0) is 25.8. The Morgan fingerprint density at radius 1 is 0.462 bits per heavy atom. The number of nitrogens with zero attached hydrogens (tertiary/aromatic N) is 1. The topological polar surface area (TPSA) is 29.5 Å². The summed E-state index contributed by atoms with van der Waals surface area (Å²) >= 11 is 0. The summed E-state index contributed by atoms with van der Waals surface area (Å²) in [5, 5.41) is 5.56. The SMILES string of the molecule is c1ccc(N(c2ccccc2)c2cccc3c2oc2c(-c4cc5ccccc5o4)cc4ccccc4c23)cc1. The number of furan rings is 2. The highest BCUT2D eigenvalue weighted by atomic mass is 16.3. The Morgan fingerprint density at radius 2 is 1.10 bits per heavy atom. The molecule has 0 radical (unpaired) electrons. The Bertz CT molecular complexity index is 2050. The van der Waals surface area contributed by atoms with Gasteiger partial charge in [-0.25, -0.2) is 0 Å². The third kappa shape index (κ3) is 3.44. The van der Waals surface area contributed by atoms with Crippen molar-refractivity contribution >= 4 is 60.7 Å². The zero-order valence-electron chi connectivity index (χ0n) is 21.0. The summed E-state index contributed by atoms with van der Waals surface area (Å²) in [4.78, 5) is 2.26. The van der Waals surface area contributed by atoms with E-state index in [0.29, 0.717) is 0 Å². The van der Waals surface area contributed by atoms with Crippen molar-refractivity contribution in [1.29, 1.82) is 0 Å². The molecule has 0 saturated carbocycles. The quantitative estimate of drug-likeness (QED) is 0.240. The van der Waals surface area contributed by atoms with E-state index in [1.54, 1.807) is 0 Å². The Morgan fingerprint density at radius 3 is 1.85 bits per heavy atom. The number of anilines is 3. The summed E-state index contributed by atoms with van der Waals surface area (Å²) in [5.41, 5.74) is 6.61. The summed E-state index contributed by atoms with van der Waals surface area (Å²) in [6, 6.07) is 48.2. The van der Waals surface area contributed by atoms with Crippen LogP contribution in [0.5, 0.6) is 0 Å². The van der Waals surface area contributed by atoms with E-state index >= 15 is 0 Å². The molecule has 3 heteroatoms. The lowest BCUT2D eigenvalue weighted by Gasteiger charge is -2.25. The third-order valence-corrected chi connectivity index (χ3v) is 7.43. The molecule has 0 unspecified atom stereocenters. The van der Waals surface area contributed by atoms with Gasteiger partial charge in [-0.05, 0) is 59.3 Å². The molecule has 6 aromatic carbocycles. The third-order valence-electron chi connectivity index (χ3n) is 7.43. The van der Waals surface area contributed by atoms with Crippen LogP contribution in [0.4, 0.5) is 17.1 Å². The minimum absolute atomic E-state index is 0.801. The molecule has 0 N–H and O–H groups in total. The number of fused-ring (bicyclic) bond motifs is 6. The van der Waals surface area contributed by atoms with Gasteiger partial charge in [0.2, 0.25) is 0 Å². The number of hydrogen-bond donors (Lipinski definition) is 0. The average Bonchev–Trinajstić information content (AvgIpc) is 3.61. The van der Waals surface area contributed by atoms with Crippen LogP contribution >= 0.6 is 0 Å². The van der Waals surface area contributed by atoms with Crippen molar-refractivity contribution in [1.82, 2.24) is 0 Å². The fraction of sp³-hybridized carbons (Fsp3) is 0. The second-order valence-electron chi connectivity index (χ2n) is 9.76. The second-order valence-corrected chi connectivity index (χ2v) is 9.76.